The van der Waals surface area contributed by atoms with E-state index in [2.05, 4.69) is 10.6 Å². The summed E-state index contributed by atoms with van der Waals surface area (Å²) in [7, 11) is -3.40. The number of hydrogen-bond donors (Lipinski definition) is 0. The van der Waals surface area contributed by atoms with Crippen LogP contribution in [0.3, 0.4) is 0 Å². The molecule has 1 aliphatic rings. The molecule has 0 saturated carbocycles. The van der Waals surface area contributed by atoms with Gasteiger partial charge >= 0.3 is 0 Å². The largest absolute Gasteiger partial charge is 0.467 e. The van der Waals surface area contributed by atoms with Gasteiger partial charge < -0.3 is 13.9 Å². The average molecular weight is 468 g/mol. The van der Waals surface area contributed by atoms with Gasteiger partial charge in [0.1, 0.15) is 5.76 Å². The number of carbonyl (C=O) groups is 1. The number of aryl methyl sites for hydroxylation is 1. The minimum absolute atomic E-state index is 0.0185. The Labute approximate surface area is 195 Å². The molecule has 4 rings (SSSR count). The number of aromatic nitrogens is 1. The summed E-state index contributed by atoms with van der Waals surface area (Å²) < 4.78 is 34.5. The van der Waals surface area contributed by atoms with Crippen molar-refractivity contribution in [1.82, 2.24) is 13.8 Å². The van der Waals surface area contributed by atoms with Gasteiger partial charge in [-0.1, -0.05) is 30.3 Å². The molecule has 0 spiro atoms. The highest BCUT2D eigenvalue weighted by Gasteiger charge is 2.28. The van der Waals surface area contributed by atoms with Crippen molar-refractivity contribution in [2.75, 3.05) is 26.2 Å². The number of furan rings is 1. The average Bonchev–Trinajstić information content (AvgIpc) is 3.42. The van der Waals surface area contributed by atoms with Crippen molar-refractivity contribution in [2.24, 2.45) is 0 Å². The molecule has 33 heavy (non-hydrogen) atoms. The van der Waals surface area contributed by atoms with E-state index in [9.17, 15) is 13.2 Å². The predicted octanol–water partition coefficient (Wildman–Crippen LogP) is 3.43. The summed E-state index contributed by atoms with van der Waals surface area (Å²) in [5, 5.41) is 0. The second-order valence-electron chi connectivity index (χ2n) is 8.29. The molecule has 1 saturated heterocycles. The number of piperazine rings is 1. The highest BCUT2D eigenvalue weighted by atomic mass is 32.2. The fourth-order valence-corrected chi connectivity index (χ4v) is 5.64. The summed E-state index contributed by atoms with van der Waals surface area (Å²) in [4.78, 5) is 14.4. The molecule has 7 nitrogen and oxygen atoms in total. The van der Waals surface area contributed by atoms with Crippen LogP contribution in [0.4, 0.5) is 0 Å². The lowest BCUT2D eigenvalue weighted by atomic mass is 10.2. The second kappa shape index (κ2) is 9.80. The van der Waals surface area contributed by atoms with Crippen molar-refractivity contribution in [3.8, 4) is 0 Å². The molecule has 0 atom stereocenters. The van der Waals surface area contributed by atoms with E-state index in [1.165, 1.54) is 4.31 Å². The quantitative estimate of drug-likeness (QED) is 0.499. The number of carbonyl (C=O) groups excluding carboxylic acids is 1. The van der Waals surface area contributed by atoms with Crippen LogP contribution in [0.1, 0.15) is 28.3 Å². The molecule has 174 valence electrons. The van der Waals surface area contributed by atoms with Crippen LogP contribution < -0.4 is 0 Å². The van der Waals surface area contributed by atoms with Crippen molar-refractivity contribution in [2.45, 2.75) is 26.1 Å². The highest BCUT2D eigenvalue weighted by Crippen LogP contribution is 2.19. The molecule has 1 aliphatic heterocycles. The number of hydrogen-bond acceptors (Lipinski definition) is 4. The van der Waals surface area contributed by atoms with Gasteiger partial charge in [-0.15, -0.1) is 0 Å². The van der Waals surface area contributed by atoms with Gasteiger partial charge in [-0.2, -0.15) is 4.31 Å². The predicted molar refractivity (Wildman–Crippen MR) is 128 cm³/mol. The van der Waals surface area contributed by atoms with Crippen LogP contribution >= 0.6 is 0 Å². The van der Waals surface area contributed by atoms with Crippen LogP contribution in [0, 0.1) is 13.8 Å². The number of rotatable bonds is 7. The fraction of sp³-hybridized carbons (Fsp3) is 0.320. The fourth-order valence-electron chi connectivity index (χ4n) is 4.13. The van der Waals surface area contributed by atoms with Gasteiger partial charge in [0, 0.05) is 43.6 Å². The maximum Gasteiger partial charge on any atom is 0.246 e. The zero-order chi connectivity index (χ0) is 23.4. The lowest BCUT2D eigenvalue weighted by Crippen LogP contribution is -2.50. The molecule has 3 heterocycles. The summed E-state index contributed by atoms with van der Waals surface area (Å²) in [6, 6.07) is 15.0. The first-order valence-electron chi connectivity index (χ1n) is 11.0. The Morgan fingerprint density at radius 3 is 2.42 bits per heavy atom. The second-order valence-corrected chi connectivity index (χ2v) is 10.3. The van der Waals surface area contributed by atoms with E-state index in [1.807, 2.05) is 62.4 Å². The van der Waals surface area contributed by atoms with Crippen LogP contribution in [0.25, 0.3) is 6.08 Å². The molecule has 0 aliphatic carbocycles. The molecule has 1 aromatic carbocycles. The van der Waals surface area contributed by atoms with Gasteiger partial charge in [0.15, 0.2) is 0 Å². The van der Waals surface area contributed by atoms with Gasteiger partial charge in [-0.3, -0.25) is 4.79 Å². The van der Waals surface area contributed by atoms with Gasteiger partial charge in [-0.25, -0.2) is 8.42 Å². The van der Waals surface area contributed by atoms with Gasteiger partial charge in [0.25, 0.3) is 0 Å². The monoisotopic (exact) mass is 467 g/mol. The van der Waals surface area contributed by atoms with E-state index < -0.39 is 10.0 Å². The van der Waals surface area contributed by atoms with Crippen molar-refractivity contribution < 1.29 is 17.6 Å². The Kier molecular flexibility index (Phi) is 6.85. The maximum absolute atomic E-state index is 12.7. The number of nitrogens with zero attached hydrogens (tertiary/aromatic N) is 3. The topological polar surface area (TPSA) is 75.8 Å². The minimum Gasteiger partial charge on any atom is -0.467 e. The molecule has 1 fully saturated rings. The number of amides is 1. The summed E-state index contributed by atoms with van der Waals surface area (Å²) in [5.74, 6) is 0.754. The first-order chi connectivity index (χ1) is 15.8. The summed E-state index contributed by atoms with van der Waals surface area (Å²) >= 11 is 0. The number of sulfonamides is 1. The van der Waals surface area contributed by atoms with Crippen molar-refractivity contribution in [3.63, 3.8) is 0 Å². The molecule has 3 aromatic rings. The third-order valence-corrected chi connectivity index (χ3v) is 7.90. The van der Waals surface area contributed by atoms with E-state index in [1.54, 1.807) is 17.2 Å². The Hall–Kier alpha value is -3.10. The molecular weight excluding hydrogens is 438 g/mol. The summed E-state index contributed by atoms with van der Waals surface area (Å²) in [5.41, 5.74) is 3.90. The Morgan fingerprint density at radius 1 is 1.03 bits per heavy atom. The zero-order valence-electron chi connectivity index (χ0n) is 19.0. The van der Waals surface area contributed by atoms with E-state index in [0.717, 1.165) is 28.3 Å². The summed E-state index contributed by atoms with van der Waals surface area (Å²) in [6.45, 7) is 6.09. The number of benzene rings is 1. The third-order valence-electron chi connectivity index (χ3n) is 6.05. The first-order valence-corrected chi connectivity index (χ1v) is 12.6. The highest BCUT2D eigenvalue weighted by molar-refractivity contribution is 7.88. The van der Waals surface area contributed by atoms with Crippen LogP contribution in [-0.2, 0) is 27.1 Å². The van der Waals surface area contributed by atoms with Gasteiger partial charge in [0.05, 0.1) is 18.6 Å². The third kappa shape index (κ3) is 5.46. The Morgan fingerprint density at radius 2 is 1.76 bits per heavy atom. The van der Waals surface area contributed by atoms with E-state index >= 15 is 0 Å². The standard InChI is InChI=1S/C25H29N3O4S/c1-20-17-23(21(2)28(20)18-24-9-6-16-32-24)10-11-25(29)26-12-14-27(15-13-26)33(30,31)19-22-7-4-3-5-8-22/h3-11,16-17H,12-15,18-19H2,1-2H3. The first kappa shape index (κ1) is 23.1. The molecular formula is C25H29N3O4S. The Bertz CT molecular complexity index is 1220. The maximum atomic E-state index is 12.7. The SMILES string of the molecule is Cc1cc(C=CC(=O)N2CCN(S(=O)(=O)Cc3ccccc3)CC2)c(C)n1Cc1ccco1. The Balaban J connectivity index is 1.35. The van der Waals surface area contributed by atoms with E-state index in [4.69, 9.17) is 4.42 Å². The smallest absolute Gasteiger partial charge is 0.246 e. The molecule has 1 amide bonds. The van der Waals surface area contributed by atoms with Crippen molar-refractivity contribution >= 4 is 22.0 Å². The molecule has 0 radical (unpaired) electrons. The van der Waals surface area contributed by atoms with Crippen LogP contribution in [0.15, 0.2) is 65.3 Å². The molecule has 8 heteroatoms. The van der Waals surface area contributed by atoms with Crippen LogP contribution in [-0.4, -0.2) is 54.3 Å². The summed E-state index contributed by atoms with van der Waals surface area (Å²) in [6.07, 6.45) is 5.07. The molecule has 0 unspecified atom stereocenters. The van der Waals surface area contributed by atoms with Gasteiger partial charge in [-0.05, 0) is 49.2 Å². The minimum atomic E-state index is -3.40. The van der Waals surface area contributed by atoms with E-state index in [0.29, 0.717) is 32.7 Å². The van der Waals surface area contributed by atoms with Crippen LogP contribution in [0.2, 0.25) is 0 Å². The molecule has 2 aromatic heterocycles. The normalized spacial score (nSPS) is 15.4. The van der Waals surface area contributed by atoms with E-state index in [-0.39, 0.29) is 11.7 Å². The molecule has 0 N–H and O–H groups in total. The van der Waals surface area contributed by atoms with Crippen molar-refractivity contribution in [1.29, 1.82) is 0 Å². The lowest BCUT2D eigenvalue weighted by molar-refractivity contribution is -0.127. The van der Waals surface area contributed by atoms with Gasteiger partial charge in [0.2, 0.25) is 15.9 Å². The molecule has 0 bridgehead atoms. The lowest BCUT2D eigenvalue weighted by Gasteiger charge is -2.33. The zero-order valence-corrected chi connectivity index (χ0v) is 19.8. The van der Waals surface area contributed by atoms with Crippen molar-refractivity contribution in [3.05, 3.63) is 89.1 Å². The van der Waals surface area contributed by atoms with Crippen LogP contribution in [0.5, 0.6) is 0 Å².